The van der Waals surface area contributed by atoms with Crippen molar-refractivity contribution in [1.82, 2.24) is 5.32 Å². The summed E-state index contributed by atoms with van der Waals surface area (Å²) in [5.41, 5.74) is 1.51. The molecular formula is C14H17NO2S. The number of thioether (sulfide) groups is 1. The number of carbonyl (C=O) groups is 1. The second kappa shape index (κ2) is 5.96. The first-order valence-electron chi connectivity index (χ1n) is 5.98. The van der Waals surface area contributed by atoms with Gasteiger partial charge in [-0.25, -0.2) is 0 Å². The molecule has 0 unspecified atom stereocenters. The average Bonchev–Trinajstić information content (AvgIpc) is 2.73. The number of amides is 1. The topological polar surface area (TPSA) is 42.2 Å². The molecule has 18 heavy (non-hydrogen) atoms. The van der Waals surface area contributed by atoms with Crippen molar-refractivity contribution in [3.63, 3.8) is 0 Å². The molecule has 1 aromatic heterocycles. The quantitative estimate of drug-likeness (QED) is 0.842. The molecule has 1 heterocycles. The largest absolute Gasteiger partial charge is 0.461 e. The van der Waals surface area contributed by atoms with Crippen molar-refractivity contribution in [1.29, 1.82) is 0 Å². The molecule has 2 aromatic rings. The molecule has 1 amide bonds. The summed E-state index contributed by atoms with van der Waals surface area (Å²) in [6.45, 7) is 2.63. The van der Waals surface area contributed by atoms with Crippen molar-refractivity contribution in [2.45, 2.75) is 13.3 Å². The lowest BCUT2D eigenvalue weighted by atomic mass is 10.1. The molecule has 0 aliphatic rings. The first-order chi connectivity index (χ1) is 8.70. The van der Waals surface area contributed by atoms with E-state index in [2.05, 4.69) is 11.6 Å². The molecule has 2 rings (SSSR count). The summed E-state index contributed by atoms with van der Waals surface area (Å²) in [5.74, 6) is 1.92. The van der Waals surface area contributed by atoms with Gasteiger partial charge >= 0.3 is 0 Å². The third kappa shape index (κ3) is 3.07. The van der Waals surface area contributed by atoms with Crippen LogP contribution in [0.1, 0.15) is 22.5 Å². The van der Waals surface area contributed by atoms with Crippen LogP contribution in [0, 0.1) is 6.92 Å². The Morgan fingerprint density at radius 3 is 3.00 bits per heavy atom. The highest BCUT2D eigenvalue weighted by molar-refractivity contribution is 7.98. The SMILES string of the molecule is CSCCCNC(=O)c1ccc2oc(C)cc2c1. The van der Waals surface area contributed by atoms with Crippen LogP contribution in [-0.4, -0.2) is 24.5 Å². The van der Waals surface area contributed by atoms with E-state index in [1.807, 2.05) is 25.1 Å². The van der Waals surface area contributed by atoms with E-state index < -0.39 is 0 Å². The molecule has 0 saturated carbocycles. The Bertz CT molecular complexity index is 548. The average molecular weight is 263 g/mol. The van der Waals surface area contributed by atoms with Crippen LogP contribution in [0.3, 0.4) is 0 Å². The fourth-order valence-corrected chi connectivity index (χ4v) is 2.27. The van der Waals surface area contributed by atoms with Gasteiger partial charge in [0, 0.05) is 17.5 Å². The minimum atomic E-state index is -0.0168. The van der Waals surface area contributed by atoms with Crippen LogP contribution in [0.25, 0.3) is 11.0 Å². The summed E-state index contributed by atoms with van der Waals surface area (Å²) in [4.78, 5) is 11.9. The number of fused-ring (bicyclic) bond motifs is 1. The first kappa shape index (κ1) is 13.0. The van der Waals surface area contributed by atoms with E-state index in [1.165, 1.54) is 0 Å². The summed E-state index contributed by atoms with van der Waals surface area (Å²) < 4.78 is 5.48. The minimum Gasteiger partial charge on any atom is -0.461 e. The van der Waals surface area contributed by atoms with Gasteiger partial charge in [-0.1, -0.05) is 0 Å². The van der Waals surface area contributed by atoms with Crippen molar-refractivity contribution < 1.29 is 9.21 Å². The van der Waals surface area contributed by atoms with Crippen LogP contribution in [0.15, 0.2) is 28.7 Å². The Morgan fingerprint density at radius 2 is 2.22 bits per heavy atom. The highest BCUT2D eigenvalue weighted by atomic mass is 32.2. The second-order valence-corrected chi connectivity index (χ2v) is 5.20. The maximum Gasteiger partial charge on any atom is 0.251 e. The molecule has 3 nitrogen and oxygen atoms in total. The molecular weight excluding hydrogens is 246 g/mol. The Labute approximate surface area is 111 Å². The van der Waals surface area contributed by atoms with E-state index in [4.69, 9.17) is 4.42 Å². The molecule has 0 aliphatic heterocycles. The van der Waals surface area contributed by atoms with E-state index in [0.29, 0.717) is 5.56 Å². The van der Waals surface area contributed by atoms with Crippen molar-refractivity contribution in [3.8, 4) is 0 Å². The van der Waals surface area contributed by atoms with Gasteiger partial charge in [0.15, 0.2) is 0 Å². The molecule has 0 fully saturated rings. The predicted octanol–water partition coefficient (Wildman–Crippen LogP) is 3.22. The van der Waals surface area contributed by atoms with Crippen LogP contribution in [0.2, 0.25) is 0 Å². The highest BCUT2D eigenvalue weighted by Crippen LogP contribution is 2.20. The van der Waals surface area contributed by atoms with E-state index in [1.54, 1.807) is 17.8 Å². The predicted molar refractivity (Wildman–Crippen MR) is 76.3 cm³/mol. The van der Waals surface area contributed by atoms with Crippen LogP contribution in [-0.2, 0) is 0 Å². The molecule has 1 N–H and O–H groups in total. The Hall–Kier alpha value is -1.42. The lowest BCUT2D eigenvalue weighted by Gasteiger charge is -2.04. The molecule has 4 heteroatoms. The highest BCUT2D eigenvalue weighted by Gasteiger charge is 2.07. The van der Waals surface area contributed by atoms with E-state index in [-0.39, 0.29) is 5.91 Å². The molecule has 0 radical (unpaired) electrons. The molecule has 0 spiro atoms. The molecule has 0 atom stereocenters. The monoisotopic (exact) mass is 263 g/mol. The number of aryl methyl sites for hydroxylation is 1. The van der Waals surface area contributed by atoms with Crippen LogP contribution >= 0.6 is 11.8 Å². The summed E-state index contributed by atoms with van der Waals surface area (Å²) in [6.07, 6.45) is 3.07. The van der Waals surface area contributed by atoms with E-state index >= 15 is 0 Å². The lowest BCUT2D eigenvalue weighted by molar-refractivity contribution is 0.0954. The zero-order valence-corrected chi connectivity index (χ0v) is 11.5. The zero-order chi connectivity index (χ0) is 13.0. The summed E-state index contributed by atoms with van der Waals surface area (Å²) >= 11 is 1.79. The fourth-order valence-electron chi connectivity index (χ4n) is 1.84. The summed E-state index contributed by atoms with van der Waals surface area (Å²) in [6, 6.07) is 7.46. The van der Waals surface area contributed by atoms with Crippen LogP contribution in [0.4, 0.5) is 0 Å². The Morgan fingerprint density at radius 1 is 1.39 bits per heavy atom. The Kier molecular flexibility index (Phi) is 4.31. The number of furan rings is 1. The van der Waals surface area contributed by atoms with Gasteiger partial charge in [-0.05, 0) is 49.6 Å². The van der Waals surface area contributed by atoms with E-state index in [9.17, 15) is 4.79 Å². The van der Waals surface area contributed by atoms with Crippen molar-refractivity contribution in [2.75, 3.05) is 18.6 Å². The van der Waals surface area contributed by atoms with Crippen LogP contribution < -0.4 is 5.32 Å². The Balaban J connectivity index is 2.03. The van der Waals surface area contributed by atoms with Gasteiger partial charge < -0.3 is 9.73 Å². The molecule has 1 aromatic carbocycles. The molecule has 0 aliphatic carbocycles. The van der Waals surface area contributed by atoms with E-state index in [0.717, 1.165) is 35.4 Å². The van der Waals surface area contributed by atoms with Crippen molar-refractivity contribution in [3.05, 3.63) is 35.6 Å². The number of carbonyl (C=O) groups excluding carboxylic acids is 1. The third-order valence-electron chi connectivity index (χ3n) is 2.71. The van der Waals surface area contributed by atoms with Gasteiger partial charge in [0.1, 0.15) is 11.3 Å². The summed E-state index contributed by atoms with van der Waals surface area (Å²) in [7, 11) is 0. The molecule has 0 saturated heterocycles. The number of rotatable bonds is 5. The first-order valence-corrected chi connectivity index (χ1v) is 7.37. The smallest absolute Gasteiger partial charge is 0.251 e. The van der Waals surface area contributed by atoms with Crippen molar-refractivity contribution >= 4 is 28.6 Å². The fraction of sp³-hybridized carbons (Fsp3) is 0.357. The number of hydrogen-bond acceptors (Lipinski definition) is 3. The van der Waals surface area contributed by atoms with Crippen LogP contribution in [0.5, 0.6) is 0 Å². The lowest BCUT2D eigenvalue weighted by Crippen LogP contribution is -2.24. The number of nitrogens with one attached hydrogen (secondary N) is 1. The van der Waals surface area contributed by atoms with Gasteiger partial charge in [-0.15, -0.1) is 0 Å². The van der Waals surface area contributed by atoms with Gasteiger partial charge in [0.25, 0.3) is 5.91 Å². The molecule has 96 valence electrons. The summed E-state index contributed by atoms with van der Waals surface area (Å²) in [5, 5.41) is 3.90. The maximum atomic E-state index is 11.9. The van der Waals surface area contributed by atoms with Gasteiger partial charge in [-0.3, -0.25) is 4.79 Å². The van der Waals surface area contributed by atoms with Gasteiger partial charge in [0.2, 0.25) is 0 Å². The maximum absolute atomic E-state index is 11.9. The number of hydrogen-bond donors (Lipinski definition) is 1. The normalized spacial score (nSPS) is 10.8. The zero-order valence-electron chi connectivity index (χ0n) is 10.7. The molecule has 0 bridgehead atoms. The standard InChI is InChI=1S/C14H17NO2S/c1-10-8-12-9-11(4-5-13(12)17-10)14(16)15-6-3-7-18-2/h4-5,8-9H,3,6-7H2,1-2H3,(H,15,16). The number of benzene rings is 1. The second-order valence-electron chi connectivity index (χ2n) is 4.21. The van der Waals surface area contributed by atoms with Gasteiger partial charge in [-0.2, -0.15) is 11.8 Å². The van der Waals surface area contributed by atoms with Gasteiger partial charge in [0.05, 0.1) is 0 Å². The van der Waals surface area contributed by atoms with Crippen molar-refractivity contribution in [2.24, 2.45) is 0 Å². The minimum absolute atomic E-state index is 0.0168. The third-order valence-corrected chi connectivity index (χ3v) is 3.41.